The number of hydrogen-bond donors (Lipinski definition) is 0. The molecule has 3 aliphatic rings. The van der Waals surface area contributed by atoms with Gasteiger partial charge in [-0.2, -0.15) is 0 Å². The number of fused-ring (bicyclic) bond motifs is 1. The molecule has 0 aromatic heterocycles. The molecule has 27 heavy (non-hydrogen) atoms. The number of piperidine rings is 1. The predicted molar refractivity (Wildman–Crippen MR) is 107 cm³/mol. The number of hydrogen-bond acceptors (Lipinski definition) is 2. The van der Waals surface area contributed by atoms with Crippen LogP contribution in [0.4, 0.5) is 10.1 Å². The van der Waals surface area contributed by atoms with Crippen LogP contribution in [0.25, 0.3) is 0 Å². The molecule has 0 saturated carbocycles. The first-order valence-electron chi connectivity index (χ1n) is 10.3. The van der Waals surface area contributed by atoms with Gasteiger partial charge in [-0.25, -0.2) is 4.39 Å². The van der Waals surface area contributed by atoms with Crippen molar-refractivity contribution in [2.24, 2.45) is 11.8 Å². The fraction of sp³-hybridized carbons (Fsp3) is 0.522. The summed E-state index contributed by atoms with van der Waals surface area (Å²) in [5.74, 6) is 1.19. The first-order chi connectivity index (χ1) is 13.1. The molecule has 1 aromatic rings. The molecule has 1 atom stereocenters. The molecule has 1 fully saturated rings. The molecule has 3 nitrogen and oxygen atoms in total. The molecular weight excluding hydrogens is 339 g/mol. The van der Waals surface area contributed by atoms with Crippen molar-refractivity contribution in [2.45, 2.75) is 45.1 Å². The molecular formula is C23H29FN2O. The van der Waals surface area contributed by atoms with Crippen LogP contribution in [0.15, 0.2) is 42.5 Å². The first kappa shape index (κ1) is 18.4. The van der Waals surface area contributed by atoms with E-state index < -0.39 is 0 Å². The Morgan fingerprint density at radius 2 is 1.89 bits per heavy atom. The van der Waals surface area contributed by atoms with Gasteiger partial charge in [-0.05, 0) is 87.7 Å². The lowest BCUT2D eigenvalue weighted by Gasteiger charge is -2.38. The second kappa shape index (κ2) is 7.97. The Bertz CT molecular complexity index is 737. The van der Waals surface area contributed by atoms with Crippen LogP contribution in [-0.4, -0.2) is 36.5 Å². The zero-order chi connectivity index (χ0) is 18.8. The molecule has 0 radical (unpaired) electrons. The minimum absolute atomic E-state index is 0.144. The molecule has 1 aromatic carbocycles. The Morgan fingerprint density at radius 3 is 2.63 bits per heavy atom. The molecule has 4 heteroatoms. The number of anilines is 1. The number of likely N-dealkylation sites (tertiary alicyclic amines) is 1. The van der Waals surface area contributed by atoms with Gasteiger partial charge in [-0.3, -0.25) is 9.69 Å². The van der Waals surface area contributed by atoms with Crippen LogP contribution in [0.2, 0.25) is 0 Å². The Labute approximate surface area is 161 Å². The molecule has 1 unspecified atom stereocenters. The SMILES string of the molecule is CC1CCc2cc(F)ccc2N1C(=O)CN1CCC(C2C=CCC=C2)CC1. The van der Waals surface area contributed by atoms with E-state index in [1.165, 1.54) is 6.07 Å². The highest BCUT2D eigenvalue weighted by molar-refractivity contribution is 5.96. The third-order valence-electron chi connectivity index (χ3n) is 6.37. The highest BCUT2D eigenvalue weighted by atomic mass is 19.1. The number of amides is 1. The van der Waals surface area contributed by atoms with Gasteiger partial charge < -0.3 is 4.90 Å². The van der Waals surface area contributed by atoms with Gasteiger partial charge in [0.25, 0.3) is 0 Å². The molecule has 1 aliphatic carbocycles. The standard InChI is InChI=1S/C23H29FN2O/c1-17-7-8-20-15-21(24)9-10-22(20)26(17)23(27)16-25-13-11-19(12-14-25)18-5-3-2-4-6-18/h3-6,9-10,15,17-19H,2,7-8,11-14,16H2,1H3. The van der Waals surface area contributed by atoms with Crippen molar-refractivity contribution in [1.82, 2.24) is 4.90 Å². The number of allylic oxidation sites excluding steroid dienone is 4. The van der Waals surface area contributed by atoms with E-state index in [-0.39, 0.29) is 17.8 Å². The first-order valence-corrected chi connectivity index (χ1v) is 10.3. The van der Waals surface area contributed by atoms with Crippen molar-refractivity contribution in [3.05, 3.63) is 53.9 Å². The molecule has 4 rings (SSSR count). The number of carbonyl (C=O) groups is 1. The van der Waals surface area contributed by atoms with Gasteiger partial charge in [-0.1, -0.05) is 24.3 Å². The normalized spacial score (nSPS) is 24.2. The van der Waals surface area contributed by atoms with Gasteiger partial charge in [0.15, 0.2) is 0 Å². The summed E-state index contributed by atoms with van der Waals surface area (Å²) in [6, 6.07) is 4.99. The van der Waals surface area contributed by atoms with Crippen molar-refractivity contribution in [3.8, 4) is 0 Å². The summed E-state index contributed by atoms with van der Waals surface area (Å²) in [6.45, 7) is 4.52. The third-order valence-corrected chi connectivity index (χ3v) is 6.37. The van der Waals surface area contributed by atoms with Crippen molar-refractivity contribution >= 4 is 11.6 Å². The second-order valence-corrected chi connectivity index (χ2v) is 8.21. The largest absolute Gasteiger partial charge is 0.308 e. The summed E-state index contributed by atoms with van der Waals surface area (Å²) in [5.41, 5.74) is 1.85. The molecule has 0 bridgehead atoms. The summed E-state index contributed by atoms with van der Waals surface area (Å²) >= 11 is 0. The Kier molecular flexibility index (Phi) is 5.44. The highest BCUT2D eigenvalue weighted by Gasteiger charge is 2.31. The molecule has 1 saturated heterocycles. The second-order valence-electron chi connectivity index (χ2n) is 8.21. The fourth-order valence-corrected chi connectivity index (χ4v) is 4.79. The summed E-state index contributed by atoms with van der Waals surface area (Å²) in [6.07, 6.45) is 14.3. The third kappa shape index (κ3) is 4.01. The molecule has 2 aliphatic heterocycles. The maximum Gasteiger partial charge on any atom is 0.241 e. The van der Waals surface area contributed by atoms with Gasteiger partial charge in [0, 0.05) is 11.7 Å². The smallest absolute Gasteiger partial charge is 0.241 e. The van der Waals surface area contributed by atoms with Gasteiger partial charge >= 0.3 is 0 Å². The van der Waals surface area contributed by atoms with E-state index in [9.17, 15) is 9.18 Å². The Hall–Kier alpha value is -1.94. The molecule has 2 heterocycles. The van der Waals surface area contributed by atoms with Crippen LogP contribution in [0.1, 0.15) is 38.2 Å². The summed E-state index contributed by atoms with van der Waals surface area (Å²) in [7, 11) is 0. The van der Waals surface area contributed by atoms with E-state index in [4.69, 9.17) is 0 Å². The highest BCUT2D eigenvalue weighted by Crippen LogP contribution is 2.32. The van der Waals surface area contributed by atoms with Crippen molar-refractivity contribution in [3.63, 3.8) is 0 Å². The Morgan fingerprint density at radius 1 is 1.15 bits per heavy atom. The summed E-state index contributed by atoms with van der Waals surface area (Å²) in [5, 5.41) is 0. The minimum Gasteiger partial charge on any atom is -0.308 e. The molecule has 0 spiro atoms. The lowest BCUT2D eigenvalue weighted by Crippen LogP contribution is -2.48. The lowest BCUT2D eigenvalue weighted by atomic mass is 9.82. The van der Waals surface area contributed by atoms with Gasteiger partial charge in [0.05, 0.1) is 6.54 Å². The van der Waals surface area contributed by atoms with Crippen molar-refractivity contribution < 1.29 is 9.18 Å². The monoisotopic (exact) mass is 368 g/mol. The molecule has 0 N–H and O–H groups in total. The minimum atomic E-state index is -0.219. The van der Waals surface area contributed by atoms with Crippen molar-refractivity contribution in [2.75, 3.05) is 24.5 Å². The zero-order valence-corrected chi connectivity index (χ0v) is 16.1. The van der Waals surface area contributed by atoms with Gasteiger partial charge in [0.2, 0.25) is 5.91 Å². The molecule has 1 amide bonds. The number of nitrogens with zero attached hydrogens (tertiary/aromatic N) is 2. The number of benzene rings is 1. The summed E-state index contributed by atoms with van der Waals surface area (Å²) < 4.78 is 13.6. The van der Waals surface area contributed by atoms with E-state index in [1.54, 1.807) is 12.1 Å². The van der Waals surface area contributed by atoms with Gasteiger partial charge in [-0.15, -0.1) is 0 Å². The average molecular weight is 368 g/mol. The zero-order valence-electron chi connectivity index (χ0n) is 16.1. The maximum absolute atomic E-state index is 13.6. The summed E-state index contributed by atoms with van der Waals surface area (Å²) in [4.78, 5) is 17.3. The maximum atomic E-state index is 13.6. The van der Waals surface area contributed by atoms with Gasteiger partial charge in [0.1, 0.15) is 5.82 Å². The fourth-order valence-electron chi connectivity index (χ4n) is 4.79. The number of rotatable bonds is 3. The van der Waals surface area contributed by atoms with E-state index in [0.29, 0.717) is 18.4 Å². The van der Waals surface area contributed by atoms with E-state index in [0.717, 1.165) is 56.4 Å². The van der Waals surface area contributed by atoms with E-state index in [2.05, 4.69) is 36.1 Å². The van der Waals surface area contributed by atoms with Crippen LogP contribution in [0.3, 0.4) is 0 Å². The Balaban J connectivity index is 1.38. The quantitative estimate of drug-likeness (QED) is 0.741. The van der Waals surface area contributed by atoms with Crippen LogP contribution in [0, 0.1) is 17.7 Å². The van der Waals surface area contributed by atoms with Crippen LogP contribution < -0.4 is 4.90 Å². The predicted octanol–water partition coefficient (Wildman–Crippen LogP) is 4.34. The van der Waals surface area contributed by atoms with E-state index >= 15 is 0 Å². The lowest BCUT2D eigenvalue weighted by molar-refractivity contribution is -0.120. The van der Waals surface area contributed by atoms with E-state index in [1.807, 2.05) is 4.90 Å². The van der Waals surface area contributed by atoms with Crippen LogP contribution in [-0.2, 0) is 11.2 Å². The molecule has 144 valence electrons. The van der Waals surface area contributed by atoms with Crippen LogP contribution >= 0.6 is 0 Å². The topological polar surface area (TPSA) is 23.6 Å². The average Bonchev–Trinajstić information content (AvgIpc) is 2.69. The van der Waals surface area contributed by atoms with Crippen molar-refractivity contribution in [1.29, 1.82) is 0 Å². The number of carbonyl (C=O) groups excluding carboxylic acids is 1. The van der Waals surface area contributed by atoms with Crippen LogP contribution in [0.5, 0.6) is 0 Å². The number of halogens is 1. The number of aryl methyl sites for hydroxylation is 1.